The van der Waals surface area contributed by atoms with Gasteiger partial charge in [0.1, 0.15) is 11.9 Å². The lowest BCUT2D eigenvalue weighted by Gasteiger charge is -2.31. The van der Waals surface area contributed by atoms with Crippen molar-refractivity contribution < 1.29 is 22.4 Å². The van der Waals surface area contributed by atoms with E-state index in [2.05, 4.69) is 5.32 Å². The molecular formula is C25H34FN3O4S. The summed E-state index contributed by atoms with van der Waals surface area (Å²) in [5.74, 6) is -0.867. The van der Waals surface area contributed by atoms with Crippen LogP contribution < -0.4 is 5.32 Å². The summed E-state index contributed by atoms with van der Waals surface area (Å²) in [6.07, 6.45) is 1.57. The van der Waals surface area contributed by atoms with Gasteiger partial charge in [0.25, 0.3) is 0 Å². The fourth-order valence-corrected chi connectivity index (χ4v) is 4.79. The molecule has 0 saturated carbocycles. The Hall–Kier alpha value is -2.78. The molecule has 0 bridgehead atoms. The van der Waals surface area contributed by atoms with Crippen LogP contribution in [0.1, 0.15) is 45.1 Å². The zero-order chi connectivity index (χ0) is 25.1. The quantitative estimate of drug-likeness (QED) is 0.464. The molecule has 1 unspecified atom stereocenters. The first kappa shape index (κ1) is 27.5. The number of amides is 2. The number of halogens is 1. The molecule has 2 aromatic carbocycles. The van der Waals surface area contributed by atoms with E-state index in [1.165, 1.54) is 40.5 Å². The van der Waals surface area contributed by atoms with Gasteiger partial charge in [0.05, 0.1) is 4.90 Å². The number of nitrogens with one attached hydrogen (secondary N) is 1. The lowest BCUT2D eigenvalue weighted by Crippen LogP contribution is -2.49. The van der Waals surface area contributed by atoms with Gasteiger partial charge in [-0.15, -0.1) is 0 Å². The van der Waals surface area contributed by atoms with Crippen molar-refractivity contribution in [2.45, 2.75) is 57.0 Å². The molecule has 0 radical (unpaired) electrons. The second kappa shape index (κ2) is 13.2. The summed E-state index contributed by atoms with van der Waals surface area (Å²) in [4.78, 5) is 27.6. The summed E-state index contributed by atoms with van der Waals surface area (Å²) in [7, 11) is -2.16. The minimum absolute atomic E-state index is 0.0768. The summed E-state index contributed by atoms with van der Waals surface area (Å²) < 4.78 is 40.0. The van der Waals surface area contributed by atoms with Crippen molar-refractivity contribution in [3.8, 4) is 0 Å². The molecule has 0 aliphatic rings. The Morgan fingerprint density at radius 1 is 1.03 bits per heavy atom. The van der Waals surface area contributed by atoms with Crippen molar-refractivity contribution in [3.05, 3.63) is 66.0 Å². The van der Waals surface area contributed by atoms with Gasteiger partial charge in [-0.1, -0.05) is 44.2 Å². The predicted molar refractivity (Wildman–Crippen MR) is 130 cm³/mol. The largest absolute Gasteiger partial charge is 0.354 e. The van der Waals surface area contributed by atoms with Crippen LogP contribution in [-0.2, 0) is 26.2 Å². The first-order chi connectivity index (χ1) is 16.2. The molecule has 0 saturated heterocycles. The lowest BCUT2D eigenvalue weighted by atomic mass is 10.1. The van der Waals surface area contributed by atoms with Gasteiger partial charge in [-0.05, 0) is 49.1 Å². The Kier molecular flexibility index (Phi) is 10.7. The highest BCUT2D eigenvalue weighted by atomic mass is 32.2. The number of benzene rings is 2. The topological polar surface area (TPSA) is 86.8 Å². The van der Waals surface area contributed by atoms with E-state index >= 15 is 0 Å². The molecule has 7 nitrogen and oxygen atoms in total. The monoisotopic (exact) mass is 491 g/mol. The van der Waals surface area contributed by atoms with Crippen LogP contribution in [-0.4, -0.2) is 55.6 Å². The van der Waals surface area contributed by atoms with Crippen LogP contribution in [0, 0.1) is 5.82 Å². The normalized spacial score (nSPS) is 12.4. The molecule has 186 valence electrons. The fourth-order valence-electron chi connectivity index (χ4n) is 3.56. The van der Waals surface area contributed by atoms with E-state index in [9.17, 15) is 22.4 Å². The van der Waals surface area contributed by atoms with Gasteiger partial charge in [0, 0.05) is 33.1 Å². The zero-order valence-electron chi connectivity index (χ0n) is 20.0. The maximum absolute atomic E-state index is 13.3. The third-order valence-corrected chi connectivity index (χ3v) is 7.39. The molecule has 0 spiro atoms. The van der Waals surface area contributed by atoms with E-state index in [-0.39, 0.29) is 42.0 Å². The van der Waals surface area contributed by atoms with E-state index in [0.717, 1.165) is 6.42 Å². The number of carbonyl (C=O) groups is 2. The van der Waals surface area contributed by atoms with E-state index in [0.29, 0.717) is 24.9 Å². The van der Waals surface area contributed by atoms with E-state index < -0.39 is 16.1 Å². The van der Waals surface area contributed by atoms with Crippen LogP contribution in [0.25, 0.3) is 0 Å². The molecule has 34 heavy (non-hydrogen) atoms. The standard InChI is InChI=1S/C25H34FN3O4S/c1-4-17-27-25(31)23(5-2)29(19-20-13-15-21(26)16-14-20)24(30)12-9-18-28(3)34(32,33)22-10-7-6-8-11-22/h6-8,10-11,13-16,23H,4-5,9,12,17-19H2,1-3H3,(H,27,31). The van der Waals surface area contributed by atoms with Gasteiger partial charge in [-0.25, -0.2) is 17.1 Å². The minimum atomic E-state index is -3.65. The van der Waals surface area contributed by atoms with Gasteiger partial charge in [0.2, 0.25) is 21.8 Å². The lowest BCUT2D eigenvalue weighted by molar-refractivity contribution is -0.141. The van der Waals surface area contributed by atoms with Crippen molar-refractivity contribution in [3.63, 3.8) is 0 Å². The second-order valence-corrected chi connectivity index (χ2v) is 10.2. The molecule has 0 aliphatic heterocycles. The number of rotatable bonds is 13. The van der Waals surface area contributed by atoms with Gasteiger partial charge in [-0.2, -0.15) is 0 Å². The van der Waals surface area contributed by atoms with Crippen molar-refractivity contribution >= 4 is 21.8 Å². The van der Waals surface area contributed by atoms with Crippen LogP contribution in [0.15, 0.2) is 59.5 Å². The molecule has 1 atom stereocenters. The van der Waals surface area contributed by atoms with E-state index in [1.807, 2.05) is 13.8 Å². The first-order valence-corrected chi connectivity index (χ1v) is 13.0. The number of hydrogen-bond donors (Lipinski definition) is 1. The third kappa shape index (κ3) is 7.63. The van der Waals surface area contributed by atoms with Crippen LogP contribution in [0.4, 0.5) is 4.39 Å². The molecule has 0 heterocycles. The number of hydrogen-bond acceptors (Lipinski definition) is 4. The van der Waals surface area contributed by atoms with Gasteiger partial charge in [-0.3, -0.25) is 9.59 Å². The first-order valence-electron chi connectivity index (χ1n) is 11.5. The van der Waals surface area contributed by atoms with Gasteiger partial charge < -0.3 is 10.2 Å². The molecule has 0 aliphatic carbocycles. The molecule has 9 heteroatoms. The van der Waals surface area contributed by atoms with Crippen LogP contribution in [0.3, 0.4) is 0 Å². The Labute approximate surface area is 202 Å². The molecule has 2 aromatic rings. The molecule has 1 N–H and O–H groups in total. The highest BCUT2D eigenvalue weighted by Gasteiger charge is 2.28. The van der Waals surface area contributed by atoms with Crippen LogP contribution in [0.2, 0.25) is 0 Å². The average Bonchev–Trinajstić information content (AvgIpc) is 2.84. The number of nitrogens with zero attached hydrogens (tertiary/aromatic N) is 2. The summed E-state index contributed by atoms with van der Waals surface area (Å²) in [6, 6.07) is 13.3. The van der Waals surface area contributed by atoms with E-state index in [4.69, 9.17) is 0 Å². The summed E-state index contributed by atoms with van der Waals surface area (Å²) in [5, 5.41) is 2.85. The minimum Gasteiger partial charge on any atom is -0.354 e. The zero-order valence-corrected chi connectivity index (χ0v) is 20.9. The van der Waals surface area contributed by atoms with Crippen molar-refractivity contribution in [1.82, 2.24) is 14.5 Å². The van der Waals surface area contributed by atoms with Crippen LogP contribution >= 0.6 is 0 Å². The van der Waals surface area contributed by atoms with Crippen molar-refractivity contribution in [2.75, 3.05) is 20.1 Å². The predicted octanol–water partition coefficient (Wildman–Crippen LogP) is 3.56. The average molecular weight is 492 g/mol. The third-order valence-electron chi connectivity index (χ3n) is 5.52. The van der Waals surface area contributed by atoms with E-state index in [1.54, 1.807) is 30.3 Å². The molecular weight excluding hydrogens is 457 g/mol. The van der Waals surface area contributed by atoms with Gasteiger partial charge in [0.15, 0.2) is 0 Å². The SMILES string of the molecule is CCCNC(=O)C(CC)N(Cc1ccc(F)cc1)C(=O)CCCN(C)S(=O)(=O)c1ccccc1. The fraction of sp³-hybridized carbons (Fsp3) is 0.440. The maximum Gasteiger partial charge on any atom is 0.242 e. The molecule has 0 aromatic heterocycles. The molecule has 2 amide bonds. The Morgan fingerprint density at radius 3 is 2.26 bits per heavy atom. The molecule has 0 fully saturated rings. The second-order valence-electron chi connectivity index (χ2n) is 8.11. The Balaban J connectivity index is 2.10. The summed E-state index contributed by atoms with van der Waals surface area (Å²) in [5.41, 5.74) is 0.709. The van der Waals surface area contributed by atoms with Crippen molar-refractivity contribution in [1.29, 1.82) is 0 Å². The van der Waals surface area contributed by atoms with Crippen LogP contribution in [0.5, 0.6) is 0 Å². The van der Waals surface area contributed by atoms with Crippen molar-refractivity contribution in [2.24, 2.45) is 0 Å². The maximum atomic E-state index is 13.3. The molecule has 2 rings (SSSR count). The number of carbonyl (C=O) groups excluding carboxylic acids is 2. The number of sulfonamides is 1. The summed E-state index contributed by atoms with van der Waals surface area (Å²) in [6.45, 7) is 4.61. The Bertz CT molecular complexity index is 1030. The summed E-state index contributed by atoms with van der Waals surface area (Å²) >= 11 is 0. The highest BCUT2D eigenvalue weighted by Crippen LogP contribution is 2.17. The highest BCUT2D eigenvalue weighted by molar-refractivity contribution is 7.89. The smallest absolute Gasteiger partial charge is 0.242 e. The van der Waals surface area contributed by atoms with Gasteiger partial charge >= 0.3 is 0 Å². The Morgan fingerprint density at radius 2 is 1.68 bits per heavy atom.